The molecule has 13 heavy (non-hydrogen) atoms. The van der Waals surface area contributed by atoms with Crippen LogP contribution in [0.25, 0.3) is 0 Å². The van der Waals surface area contributed by atoms with E-state index in [2.05, 4.69) is 5.32 Å². The van der Waals surface area contributed by atoms with Crippen LogP contribution >= 0.6 is 0 Å². The summed E-state index contributed by atoms with van der Waals surface area (Å²) < 4.78 is 10.5. The first-order valence-corrected chi connectivity index (χ1v) is 4.84. The molecule has 3 unspecified atom stereocenters. The van der Waals surface area contributed by atoms with Crippen LogP contribution in [-0.2, 0) is 14.3 Å². The second-order valence-electron chi connectivity index (χ2n) is 3.57. The Labute approximate surface area is 77.6 Å². The monoisotopic (exact) mass is 185 g/mol. The van der Waals surface area contributed by atoms with Crippen molar-refractivity contribution in [1.82, 2.24) is 5.32 Å². The van der Waals surface area contributed by atoms with Crippen LogP contribution in [0.1, 0.15) is 13.3 Å². The van der Waals surface area contributed by atoms with Crippen LogP contribution in [0.2, 0.25) is 0 Å². The third-order valence-electron chi connectivity index (χ3n) is 2.68. The van der Waals surface area contributed by atoms with Crippen LogP contribution in [0, 0.1) is 5.92 Å². The van der Waals surface area contributed by atoms with Crippen LogP contribution in [0.15, 0.2) is 0 Å². The van der Waals surface area contributed by atoms with Crippen molar-refractivity contribution in [2.24, 2.45) is 5.92 Å². The molecule has 0 bridgehead atoms. The van der Waals surface area contributed by atoms with Gasteiger partial charge in [0, 0.05) is 19.0 Å². The number of nitrogens with one attached hydrogen (secondary N) is 1. The summed E-state index contributed by atoms with van der Waals surface area (Å²) in [5, 5.41) is 3.24. The van der Waals surface area contributed by atoms with Gasteiger partial charge in [0.15, 0.2) is 6.10 Å². The van der Waals surface area contributed by atoms with Crippen molar-refractivity contribution in [3.8, 4) is 0 Å². The zero-order valence-electron chi connectivity index (χ0n) is 7.79. The maximum absolute atomic E-state index is 11.3. The van der Waals surface area contributed by atoms with Gasteiger partial charge in [0.2, 0.25) is 0 Å². The minimum atomic E-state index is -0.308. The van der Waals surface area contributed by atoms with E-state index in [0.29, 0.717) is 12.5 Å². The Bertz CT molecular complexity index is 195. The molecule has 0 amide bonds. The summed E-state index contributed by atoms with van der Waals surface area (Å²) in [6.07, 6.45) is 0.739. The average molecular weight is 185 g/mol. The number of ether oxygens (including phenoxy) is 2. The zero-order chi connectivity index (χ0) is 9.26. The Kier molecular flexibility index (Phi) is 2.51. The number of esters is 1. The molecule has 2 heterocycles. The number of carbonyl (C=O) groups is 1. The van der Waals surface area contributed by atoms with Gasteiger partial charge in [-0.25, -0.2) is 4.79 Å². The van der Waals surface area contributed by atoms with Gasteiger partial charge in [0.05, 0.1) is 12.7 Å². The average Bonchev–Trinajstić information content (AvgIpc) is 2.61. The van der Waals surface area contributed by atoms with Crippen molar-refractivity contribution in [3.05, 3.63) is 0 Å². The molecule has 2 rings (SSSR count). The molecular weight excluding hydrogens is 170 g/mol. The van der Waals surface area contributed by atoms with Gasteiger partial charge in [0.25, 0.3) is 0 Å². The molecule has 0 radical (unpaired) electrons. The minimum Gasteiger partial charge on any atom is -0.464 e. The Hall–Kier alpha value is -0.610. The Balaban J connectivity index is 1.87. The van der Waals surface area contributed by atoms with Crippen LogP contribution in [0.5, 0.6) is 0 Å². The van der Waals surface area contributed by atoms with Gasteiger partial charge < -0.3 is 14.8 Å². The predicted octanol–water partition coefficient (Wildman–Crippen LogP) is -0.0736. The third kappa shape index (κ3) is 1.69. The van der Waals surface area contributed by atoms with Gasteiger partial charge >= 0.3 is 5.97 Å². The van der Waals surface area contributed by atoms with Crippen LogP contribution in [0.3, 0.4) is 0 Å². The molecule has 4 nitrogen and oxygen atoms in total. The highest BCUT2D eigenvalue weighted by molar-refractivity contribution is 5.75. The van der Waals surface area contributed by atoms with E-state index in [-0.39, 0.29) is 18.2 Å². The summed E-state index contributed by atoms with van der Waals surface area (Å²) in [6.45, 7) is 4.10. The molecule has 2 aliphatic rings. The maximum Gasteiger partial charge on any atom is 0.335 e. The smallest absolute Gasteiger partial charge is 0.335 e. The van der Waals surface area contributed by atoms with Gasteiger partial charge in [-0.1, -0.05) is 0 Å². The second-order valence-corrected chi connectivity index (χ2v) is 3.57. The fraction of sp³-hybridized carbons (Fsp3) is 0.889. The van der Waals surface area contributed by atoms with Crippen molar-refractivity contribution in [2.75, 3.05) is 19.7 Å². The quantitative estimate of drug-likeness (QED) is 0.612. The lowest BCUT2D eigenvalue weighted by molar-refractivity contribution is -0.155. The van der Waals surface area contributed by atoms with E-state index in [1.807, 2.05) is 6.92 Å². The lowest BCUT2D eigenvalue weighted by Gasteiger charge is -2.10. The molecule has 1 N–H and O–H groups in total. The summed E-state index contributed by atoms with van der Waals surface area (Å²) in [6, 6.07) is 0. The molecule has 4 heteroatoms. The van der Waals surface area contributed by atoms with Gasteiger partial charge in [0.1, 0.15) is 0 Å². The van der Waals surface area contributed by atoms with Gasteiger partial charge in [-0.15, -0.1) is 0 Å². The van der Waals surface area contributed by atoms with E-state index in [1.165, 1.54) is 0 Å². The van der Waals surface area contributed by atoms with E-state index in [9.17, 15) is 4.79 Å². The Morgan fingerprint density at radius 2 is 2.46 bits per heavy atom. The standard InChI is InChI=1S/C9H15NO3/c1-2-12-9(11)7-3-6-4-10-5-8(6)13-7/h6-8,10H,2-5H2,1H3. The molecule has 0 aliphatic carbocycles. The molecule has 0 spiro atoms. The molecule has 2 aliphatic heterocycles. The molecule has 3 atom stereocenters. The van der Waals surface area contributed by atoms with Gasteiger partial charge in [-0.3, -0.25) is 0 Å². The van der Waals surface area contributed by atoms with Crippen molar-refractivity contribution in [3.63, 3.8) is 0 Å². The summed E-state index contributed by atoms with van der Waals surface area (Å²) in [4.78, 5) is 11.3. The first-order valence-electron chi connectivity index (χ1n) is 4.84. The molecule has 0 aromatic rings. The number of carbonyl (C=O) groups excluding carboxylic acids is 1. The topological polar surface area (TPSA) is 47.6 Å². The van der Waals surface area contributed by atoms with Crippen molar-refractivity contribution < 1.29 is 14.3 Å². The SMILES string of the molecule is CCOC(=O)C1CC2CNCC2O1. The summed E-state index contributed by atoms with van der Waals surface area (Å²) in [5.74, 6) is 0.311. The molecule has 0 aromatic carbocycles. The number of fused-ring (bicyclic) bond motifs is 1. The van der Waals surface area contributed by atoms with Gasteiger partial charge in [-0.2, -0.15) is 0 Å². The van der Waals surface area contributed by atoms with E-state index in [4.69, 9.17) is 9.47 Å². The van der Waals surface area contributed by atoms with Crippen LogP contribution < -0.4 is 5.32 Å². The largest absolute Gasteiger partial charge is 0.464 e. The fourth-order valence-corrected chi connectivity index (χ4v) is 2.03. The number of hydrogen-bond donors (Lipinski definition) is 1. The van der Waals surface area contributed by atoms with Crippen molar-refractivity contribution in [1.29, 1.82) is 0 Å². The summed E-state index contributed by atoms with van der Waals surface area (Å²) in [7, 11) is 0. The lowest BCUT2D eigenvalue weighted by atomic mass is 10.0. The Morgan fingerprint density at radius 1 is 1.62 bits per heavy atom. The molecule has 0 saturated carbocycles. The van der Waals surface area contributed by atoms with Crippen LogP contribution in [-0.4, -0.2) is 37.9 Å². The lowest BCUT2D eigenvalue weighted by Crippen LogP contribution is -2.26. The first kappa shape index (κ1) is 8.97. The van der Waals surface area contributed by atoms with E-state index in [1.54, 1.807) is 0 Å². The summed E-state index contributed by atoms with van der Waals surface area (Å²) >= 11 is 0. The van der Waals surface area contributed by atoms with Gasteiger partial charge in [-0.05, 0) is 13.3 Å². The van der Waals surface area contributed by atoms with E-state index >= 15 is 0 Å². The minimum absolute atomic E-state index is 0.197. The molecule has 2 saturated heterocycles. The highest BCUT2D eigenvalue weighted by Gasteiger charge is 2.41. The van der Waals surface area contributed by atoms with Crippen LogP contribution in [0.4, 0.5) is 0 Å². The third-order valence-corrected chi connectivity index (χ3v) is 2.68. The number of rotatable bonds is 2. The Morgan fingerprint density at radius 3 is 3.15 bits per heavy atom. The normalized spacial score (nSPS) is 37.5. The highest BCUT2D eigenvalue weighted by Crippen LogP contribution is 2.29. The second kappa shape index (κ2) is 3.64. The van der Waals surface area contributed by atoms with E-state index in [0.717, 1.165) is 19.5 Å². The molecule has 74 valence electrons. The predicted molar refractivity (Wildman–Crippen MR) is 46.3 cm³/mol. The van der Waals surface area contributed by atoms with Crippen molar-refractivity contribution >= 4 is 5.97 Å². The highest BCUT2D eigenvalue weighted by atomic mass is 16.6. The molecule has 0 aromatic heterocycles. The summed E-state index contributed by atoms with van der Waals surface area (Å²) in [5.41, 5.74) is 0. The first-order chi connectivity index (χ1) is 6.31. The molecular formula is C9H15NO3. The maximum atomic E-state index is 11.3. The van der Waals surface area contributed by atoms with Crippen molar-refractivity contribution in [2.45, 2.75) is 25.6 Å². The van der Waals surface area contributed by atoms with E-state index < -0.39 is 0 Å². The zero-order valence-corrected chi connectivity index (χ0v) is 7.79. The fourth-order valence-electron chi connectivity index (χ4n) is 2.03. The number of hydrogen-bond acceptors (Lipinski definition) is 4. The molecule has 2 fully saturated rings.